The number of rotatable bonds is 6. The Morgan fingerprint density at radius 3 is 1.05 bits per heavy atom. The van der Waals surface area contributed by atoms with E-state index in [0.29, 0.717) is 10.0 Å². The van der Waals surface area contributed by atoms with Crippen molar-refractivity contribution in [3.05, 3.63) is 106 Å². The normalized spacial score (nSPS) is 22.9. The summed E-state index contributed by atoms with van der Waals surface area (Å²) in [4.78, 5) is 0. The number of hydrogen-bond acceptors (Lipinski definition) is 2. The molecule has 0 saturated heterocycles. The van der Waals surface area contributed by atoms with E-state index >= 15 is 0 Å². The topological polar surface area (TPSA) is 18.5 Å². The second-order valence-electron chi connectivity index (χ2n) is 16.3. The quantitative estimate of drug-likeness (QED) is 0.299. The van der Waals surface area contributed by atoms with Gasteiger partial charge in [0, 0.05) is 0 Å². The molecule has 2 atom stereocenters. The zero-order valence-corrected chi connectivity index (χ0v) is 32.1. The van der Waals surface area contributed by atoms with E-state index in [0.717, 1.165) is 11.5 Å². The number of hydrogen-bond donors (Lipinski definition) is 0. The van der Waals surface area contributed by atoms with Crippen molar-refractivity contribution in [3.63, 3.8) is 0 Å². The van der Waals surface area contributed by atoms with Crippen LogP contribution >= 0.6 is 23.2 Å². The van der Waals surface area contributed by atoms with Gasteiger partial charge in [0.05, 0.1) is 0 Å². The molecule has 0 N–H and O–H groups in total. The second-order valence-corrected chi connectivity index (χ2v) is 25.3. The van der Waals surface area contributed by atoms with Gasteiger partial charge in [-0.3, -0.25) is 0 Å². The molecule has 0 radical (unpaired) electrons. The molecule has 2 aliphatic carbocycles. The summed E-state index contributed by atoms with van der Waals surface area (Å²) in [5.74, 6) is 1.55. The summed E-state index contributed by atoms with van der Waals surface area (Å²) >= 11 is 7.91. The van der Waals surface area contributed by atoms with Gasteiger partial charge >= 0.3 is 279 Å². The maximum absolute atomic E-state index is 7.75. The van der Waals surface area contributed by atoms with Crippen LogP contribution in [0.25, 0.3) is 0 Å². The Balaban J connectivity index is 2.23. The van der Waals surface area contributed by atoms with Crippen LogP contribution in [0.3, 0.4) is 0 Å². The minimum atomic E-state index is -4.88. The maximum atomic E-state index is 7.75. The fourth-order valence-electron chi connectivity index (χ4n) is 6.43. The summed E-state index contributed by atoms with van der Waals surface area (Å²) in [6.45, 7) is 27.7. The molecular formula is C38H50Cl2O2Zr. The van der Waals surface area contributed by atoms with Crippen LogP contribution < -0.4 is 5.63 Å². The van der Waals surface area contributed by atoms with Crippen molar-refractivity contribution in [2.75, 3.05) is 0 Å². The van der Waals surface area contributed by atoms with E-state index in [1.807, 2.05) is 48.5 Å². The zero-order valence-electron chi connectivity index (χ0n) is 28.2. The predicted octanol–water partition coefficient (Wildman–Crippen LogP) is 12.9. The van der Waals surface area contributed by atoms with Crippen molar-refractivity contribution in [1.82, 2.24) is 0 Å². The Hall–Kier alpha value is -1.54. The fraction of sp³-hybridized carbons (Fsp3) is 0.474. The molecule has 43 heavy (non-hydrogen) atoms. The van der Waals surface area contributed by atoms with Gasteiger partial charge in [0.1, 0.15) is 0 Å². The molecule has 4 rings (SSSR count). The standard InChI is InChI=1S/2C13H21.2C6H5ClO.Zr/c2*1-12(2,3)10-7-8-11(9-10)13(4,5)6;2*7-5-1-3-6(8)4-2-5;/h2*7-9H,1-6H3;2*1-4,8H;/q;;;;+2/p-2. The van der Waals surface area contributed by atoms with Crippen LogP contribution in [0.15, 0.2) is 96.1 Å². The third kappa shape index (κ3) is 6.17. The van der Waals surface area contributed by atoms with Gasteiger partial charge in [0.2, 0.25) is 0 Å². The van der Waals surface area contributed by atoms with Crippen molar-refractivity contribution >= 4 is 23.2 Å². The molecule has 0 saturated carbocycles. The number of allylic oxidation sites excluding steroid dienone is 8. The van der Waals surface area contributed by atoms with Crippen LogP contribution in [-0.4, -0.2) is 0 Å². The van der Waals surface area contributed by atoms with Gasteiger partial charge in [-0.2, -0.15) is 0 Å². The van der Waals surface area contributed by atoms with E-state index in [2.05, 4.69) is 120 Å². The average Bonchev–Trinajstić information content (AvgIpc) is 3.53. The molecule has 0 aromatic heterocycles. The van der Waals surface area contributed by atoms with Gasteiger partial charge in [-0.15, -0.1) is 0 Å². The SMILES string of the molecule is CC(C)(C)C1=C[C](C(C)(C)C)([Zr]([O]c2ccc(Cl)cc2)([O]c2ccc(Cl)cc2)[C]2(C(C)(C)C)C=CC(C(C)(C)C)=C2)C=C1. The molecule has 2 aromatic carbocycles. The second kappa shape index (κ2) is 11.4. The first-order valence-electron chi connectivity index (χ1n) is 15.3. The third-order valence-electron chi connectivity index (χ3n) is 9.27. The van der Waals surface area contributed by atoms with E-state index in [1.54, 1.807) is 0 Å². The van der Waals surface area contributed by atoms with Crippen molar-refractivity contribution in [2.45, 2.75) is 89.3 Å². The van der Waals surface area contributed by atoms with Crippen molar-refractivity contribution in [1.29, 1.82) is 0 Å². The fourth-order valence-corrected chi connectivity index (χ4v) is 20.5. The first-order chi connectivity index (χ1) is 19.6. The molecule has 0 spiro atoms. The molecule has 2 unspecified atom stereocenters. The van der Waals surface area contributed by atoms with Crippen LogP contribution in [0.1, 0.15) is 83.1 Å². The van der Waals surface area contributed by atoms with Gasteiger partial charge in [-0.25, -0.2) is 0 Å². The van der Waals surface area contributed by atoms with E-state index in [-0.39, 0.29) is 21.7 Å². The summed E-state index contributed by atoms with van der Waals surface area (Å²) in [6, 6.07) is 15.6. The molecule has 0 amide bonds. The van der Waals surface area contributed by atoms with E-state index in [9.17, 15) is 0 Å². The molecule has 2 aromatic rings. The van der Waals surface area contributed by atoms with Crippen molar-refractivity contribution in [2.24, 2.45) is 21.7 Å². The van der Waals surface area contributed by atoms with Crippen molar-refractivity contribution < 1.29 is 26.8 Å². The van der Waals surface area contributed by atoms with Crippen LogP contribution in [-0.2, 0) is 21.1 Å². The van der Waals surface area contributed by atoms with E-state index in [4.69, 9.17) is 28.8 Å². The third-order valence-corrected chi connectivity index (χ3v) is 22.9. The van der Waals surface area contributed by atoms with Gasteiger partial charge < -0.3 is 0 Å². The van der Waals surface area contributed by atoms with Gasteiger partial charge in [0.15, 0.2) is 0 Å². The molecular weight excluding hydrogens is 651 g/mol. The van der Waals surface area contributed by atoms with Crippen LogP contribution in [0.2, 0.25) is 16.3 Å². The first kappa shape index (κ1) is 34.3. The molecule has 2 aliphatic rings. The molecule has 2 nitrogen and oxygen atoms in total. The first-order valence-corrected chi connectivity index (χ1v) is 20.5. The Labute approximate surface area is 276 Å². The minimum absolute atomic E-state index is 0.0471. The monoisotopic (exact) mass is 698 g/mol. The Kier molecular flexibility index (Phi) is 9.08. The van der Waals surface area contributed by atoms with Gasteiger partial charge in [0.25, 0.3) is 0 Å². The van der Waals surface area contributed by atoms with E-state index in [1.165, 1.54) is 11.1 Å². The summed E-state index contributed by atoms with van der Waals surface area (Å²) in [5, 5.41) is 1.35. The molecule has 0 fully saturated rings. The Morgan fingerprint density at radius 2 is 0.814 bits per heavy atom. The van der Waals surface area contributed by atoms with Crippen molar-refractivity contribution in [3.8, 4) is 11.5 Å². The molecule has 0 aliphatic heterocycles. The summed E-state index contributed by atoms with van der Waals surface area (Å²) in [7, 11) is 0. The predicted molar refractivity (Wildman–Crippen MR) is 182 cm³/mol. The number of halogens is 2. The van der Waals surface area contributed by atoms with Crippen LogP contribution in [0.5, 0.6) is 11.5 Å². The molecule has 0 heterocycles. The summed E-state index contributed by atoms with van der Waals surface area (Å²) in [5.41, 5.74) is 2.00. The molecule has 232 valence electrons. The summed E-state index contributed by atoms with van der Waals surface area (Å²) in [6.07, 6.45) is 14.5. The molecule has 0 bridgehead atoms. The average molecular weight is 701 g/mol. The van der Waals surface area contributed by atoms with Crippen LogP contribution in [0, 0.1) is 21.7 Å². The summed E-state index contributed by atoms with van der Waals surface area (Å²) < 4.78 is 14.4. The zero-order chi connectivity index (χ0) is 32.3. The number of benzene rings is 2. The van der Waals surface area contributed by atoms with Gasteiger partial charge in [-0.1, -0.05) is 0 Å². The Morgan fingerprint density at radius 1 is 0.512 bits per heavy atom. The van der Waals surface area contributed by atoms with E-state index < -0.39 is 27.4 Å². The Bertz CT molecular complexity index is 1340. The molecule has 5 heteroatoms. The van der Waals surface area contributed by atoms with Gasteiger partial charge in [-0.05, 0) is 0 Å². The van der Waals surface area contributed by atoms with Crippen LogP contribution in [0.4, 0.5) is 0 Å².